The van der Waals surface area contributed by atoms with Gasteiger partial charge >= 0.3 is 0 Å². The zero-order valence-corrected chi connectivity index (χ0v) is 21.1. The Morgan fingerprint density at radius 3 is 2.66 bits per heavy atom. The molecule has 0 saturated carbocycles. The van der Waals surface area contributed by atoms with Crippen LogP contribution in [0.3, 0.4) is 0 Å². The number of sulfonamides is 1. The lowest BCUT2D eigenvalue weighted by Gasteiger charge is -2.35. The van der Waals surface area contributed by atoms with Crippen LogP contribution in [0.1, 0.15) is 35.6 Å². The molecular weight excluding hydrogens is 495 g/mol. The standard InChI is InChI=1S/C22H26Cl2N2O4S.ClH/c1-29-19-12-14-8-11-26(18-7-5-16(21(14)18)22(19)30-2)10-3-9-25-31(27,28)20-13-15(23)4-6-17(20)24;/h4,6,12-13,18,25H,3,5,7-11H2,1-2H3;1H. The van der Waals surface area contributed by atoms with Gasteiger partial charge in [0.2, 0.25) is 10.0 Å². The third-order valence-electron chi connectivity index (χ3n) is 6.11. The van der Waals surface area contributed by atoms with Crippen LogP contribution in [-0.2, 0) is 22.9 Å². The first-order valence-corrected chi connectivity index (χ1v) is 12.5. The summed E-state index contributed by atoms with van der Waals surface area (Å²) in [5, 5.41) is 0.494. The van der Waals surface area contributed by atoms with Crippen LogP contribution in [0, 0.1) is 0 Å². The predicted molar refractivity (Wildman–Crippen MR) is 129 cm³/mol. The molecule has 32 heavy (non-hydrogen) atoms. The highest BCUT2D eigenvalue weighted by Gasteiger charge is 2.36. The van der Waals surface area contributed by atoms with Gasteiger partial charge < -0.3 is 9.47 Å². The number of nitrogens with zero attached hydrogens (tertiary/aromatic N) is 1. The summed E-state index contributed by atoms with van der Waals surface area (Å²) in [6, 6.07) is 6.88. The molecule has 1 N–H and O–H groups in total. The minimum atomic E-state index is -3.71. The molecule has 0 fully saturated rings. The van der Waals surface area contributed by atoms with Crippen molar-refractivity contribution in [2.75, 3.05) is 33.9 Å². The fourth-order valence-electron chi connectivity index (χ4n) is 4.74. The van der Waals surface area contributed by atoms with Crippen LogP contribution in [0.4, 0.5) is 0 Å². The molecule has 1 aliphatic heterocycles. The number of hydrogen-bond acceptors (Lipinski definition) is 5. The molecule has 2 aromatic rings. The maximum Gasteiger partial charge on any atom is 0.242 e. The van der Waals surface area contributed by atoms with Gasteiger partial charge in [0, 0.05) is 36.3 Å². The van der Waals surface area contributed by atoms with Gasteiger partial charge in [-0.05, 0) is 61.1 Å². The molecule has 2 aromatic carbocycles. The van der Waals surface area contributed by atoms with Gasteiger partial charge in [0.1, 0.15) is 4.90 Å². The number of rotatable bonds is 8. The largest absolute Gasteiger partial charge is 0.493 e. The van der Waals surface area contributed by atoms with Crippen molar-refractivity contribution in [3.8, 4) is 11.5 Å². The average molecular weight is 522 g/mol. The molecule has 1 atom stereocenters. The van der Waals surface area contributed by atoms with Crippen molar-refractivity contribution >= 4 is 45.6 Å². The SMILES string of the molecule is COc1cc2c3c(c1OC)CCC3N(CCCNS(=O)(=O)c1cc(Cl)ccc1Cl)CC2.Cl. The van der Waals surface area contributed by atoms with Crippen LogP contribution >= 0.6 is 35.6 Å². The number of halogens is 3. The molecule has 0 radical (unpaired) electrons. The molecule has 1 aliphatic carbocycles. The zero-order chi connectivity index (χ0) is 22.2. The topological polar surface area (TPSA) is 67.9 Å². The van der Waals surface area contributed by atoms with E-state index in [9.17, 15) is 8.42 Å². The molecule has 176 valence electrons. The normalized spacial score (nSPS) is 17.6. The highest BCUT2D eigenvalue weighted by molar-refractivity contribution is 7.89. The van der Waals surface area contributed by atoms with E-state index in [2.05, 4.69) is 15.7 Å². The van der Waals surface area contributed by atoms with Crippen LogP contribution < -0.4 is 14.2 Å². The van der Waals surface area contributed by atoms with Crippen molar-refractivity contribution in [1.82, 2.24) is 9.62 Å². The van der Waals surface area contributed by atoms with Crippen LogP contribution in [-0.4, -0.2) is 47.2 Å². The van der Waals surface area contributed by atoms with Gasteiger partial charge in [-0.2, -0.15) is 0 Å². The van der Waals surface area contributed by atoms with Gasteiger partial charge in [0.15, 0.2) is 11.5 Å². The lowest BCUT2D eigenvalue weighted by Crippen LogP contribution is -2.36. The number of benzene rings is 2. The average Bonchev–Trinajstić information content (AvgIpc) is 3.20. The zero-order valence-electron chi connectivity index (χ0n) is 18.0. The lowest BCUT2D eigenvalue weighted by molar-refractivity contribution is 0.184. The maximum atomic E-state index is 12.6. The van der Waals surface area contributed by atoms with E-state index in [-0.39, 0.29) is 22.3 Å². The second-order valence-corrected chi connectivity index (χ2v) is 10.4. The number of ether oxygens (including phenoxy) is 2. The lowest BCUT2D eigenvalue weighted by atomic mass is 9.92. The summed E-state index contributed by atoms with van der Waals surface area (Å²) in [7, 11) is -0.342. The van der Waals surface area contributed by atoms with Gasteiger partial charge in [-0.1, -0.05) is 23.2 Å². The van der Waals surface area contributed by atoms with E-state index in [4.69, 9.17) is 32.7 Å². The van der Waals surface area contributed by atoms with E-state index >= 15 is 0 Å². The Hall–Kier alpha value is -1.22. The second kappa shape index (κ2) is 10.4. The summed E-state index contributed by atoms with van der Waals surface area (Å²) < 4.78 is 39.0. The second-order valence-electron chi connectivity index (χ2n) is 7.83. The quantitative estimate of drug-likeness (QED) is 0.512. The Balaban J connectivity index is 0.00000289. The molecule has 4 rings (SSSR count). The number of methoxy groups -OCH3 is 2. The van der Waals surface area contributed by atoms with E-state index in [0.717, 1.165) is 43.9 Å². The maximum absolute atomic E-state index is 12.6. The Bertz CT molecular complexity index is 1100. The van der Waals surface area contributed by atoms with Crippen LogP contribution in [0.15, 0.2) is 29.2 Å². The Kier molecular flexibility index (Phi) is 8.23. The Morgan fingerprint density at radius 2 is 1.94 bits per heavy atom. The molecule has 0 saturated heterocycles. The molecule has 6 nitrogen and oxygen atoms in total. The van der Waals surface area contributed by atoms with Gasteiger partial charge in [0.25, 0.3) is 0 Å². The summed E-state index contributed by atoms with van der Waals surface area (Å²) >= 11 is 12.0. The predicted octanol–water partition coefficient (Wildman–Crippen LogP) is 4.65. The van der Waals surface area contributed by atoms with E-state index in [1.165, 1.54) is 28.8 Å². The van der Waals surface area contributed by atoms with E-state index in [0.29, 0.717) is 24.0 Å². The van der Waals surface area contributed by atoms with Crippen molar-refractivity contribution < 1.29 is 17.9 Å². The molecule has 1 unspecified atom stereocenters. The summed E-state index contributed by atoms with van der Waals surface area (Å²) in [5.41, 5.74) is 3.96. The Morgan fingerprint density at radius 1 is 1.16 bits per heavy atom. The van der Waals surface area contributed by atoms with Crippen molar-refractivity contribution in [1.29, 1.82) is 0 Å². The first kappa shape index (κ1) is 25.4. The molecule has 0 spiro atoms. The smallest absolute Gasteiger partial charge is 0.242 e. The van der Waals surface area contributed by atoms with Crippen molar-refractivity contribution in [2.24, 2.45) is 0 Å². The van der Waals surface area contributed by atoms with Gasteiger partial charge in [-0.25, -0.2) is 13.1 Å². The van der Waals surface area contributed by atoms with Crippen molar-refractivity contribution in [3.05, 3.63) is 51.0 Å². The molecule has 10 heteroatoms. The minimum absolute atomic E-state index is 0. The van der Waals surface area contributed by atoms with Crippen LogP contribution in [0.5, 0.6) is 11.5 Å². The third kappa shape index (κ3) is 4.83. The van der Waals surface area contributed by atoms with E-state index < -0.39 is 10.0 Å². The summed E-state index contributed by atoms with van der Waals surface area (Å²) in [4.78, 5) is 2.46. The molecule has 0 aromatic heterocycles. The monoisotopic (exact) mass is 520 g/mol. The fraction of sp³-hybridized carbons (Fsp3) is 0.455. The van der Waals surface area contributed by atoms with Gasteiger partial charge in [0.05, 0.1) is 19.2 Å². The first-order valence-electron chi connectivity index (χ1n) is 10.3. The highest BCUT2D eigenvalue weighted by Crippen LogP contribution is 2.48. The molecule has 0 bridgehead atoms. The van der Waals surface area contributed by atoms with Gasteiger partial charge in [-0.15, -0.1) is 12.4 Å². The van der Waals surface area contributed by atoms with E-state index in [1.807, 2.05) is 0 Å². The van der Waals surface area contributed by atoms with Gasteiger partial charge in [-0.3, -0.25) is 4.90 Å². The highest BCUT2D eigenvalue weighted by atomic mass is 35.5. The van der Waals surface area contributed by atoms with E-state index in [1.54, 1.807) is 20.3 Å². The summed E-state index contributed by atoms with van der Waals surface area (Å²) in [5.74, 6) is 1.65. The number of nitrogens with one attached hydrogen (secondary N) is 1. The van der Waals surface area contributed by atoms with Crippen molar-refractivity contribution in [2.45, 2.75) is 36.6 Å². The molecule has 0 amide bonds. The molecular formula is C22H27Cl3N2O4S. The number of hydrogen-bond donors (Lipinski definition) is 1. The fourth-order valence-corrected chi connectivity index (χ4v) is 6.57. The van der Waals surface area contributed by atoms with Crippen molar-refractivity contribution in [3.63, 3.8) is 0 Å². The summed E-state index contributed by atoms with van der Waals surface area (Å²) in [6.45, 7) is 2.09. The molecule has 2 aliphatic rings. The minimum Gasteiger partial charge on any atom is -0.493 e. The van der Waals surface area contributed by atoms with Crippen LogP contribution in [0.2, 0.25) is 10.0 Å². The summed E-state index contributed by atoms with van der Waals surface area (Å²) in [6.07, 6.45) is 3.65. The third-order valence-corrected chi connectivity index (χ3v) is 8.28. The Labute approximate surface area is 205 Å². The van der Waals surface area contributed by atoms with Crippen LogP contribution in [0.25, 0.3) is 0 Å². The molecule has 1 heterocycles. The first-order chi connectivity index (χ1) is 14.9.